The molecular weight excluding hydrogens is 186 g/mol. The SMILES string of the molecule is CCNCC(=O)Nc1ncc(C)s1. The van der Waals surface area contributed by atoms with E-state index >= 15 is 0 Å². The number of aromatic nitrogens is 1. The first-order valence-corrected chi connectivity index (χ1v) is 4.97. The van der Waals surface area contributed by atoms with E-state index in [4.69, 9.17) is 0 Å². The van der Waals surface area contributed by atoms with Crippen LogP contribution in [0.1, 0.15) is 11.8 Å². The molecule has 4 nitrogen and oxygen atoms in total. The molecule has 1 amide bonds. The maximum atomic E-state index is 11.2. The minimum absolute atomic E-state index is 0.0452. The van der Waals surface area contributed by atoms with E-state index in [1.807, 2.05) is 13.8 Å². The monoisotopic (exact) mass is 199 g/mol. The van der Waals surface area contributed by atoms with Crippen molar-refractivity contribution >= 4 is 22.4 Å². The molecule has 0 spiro atoms. The van der Waals surface area contributed by atoms with Crippen LogP contribution < -0.4 is 10.6 Å². The van der Waals surface area contributed by atoms with Crippen molar-refractivity contribution in [2.75, 3.05) is 18.4 Å². The number of hydrogen-bond donors (Lipinski definition) is 2. The Kier molecular flexibility index (Phi) is 3.85. The van der Waals surface area contributed by atoms with E-state index in [0.29, 0.717) is 11.7 Å². The molecule has 5 heteroatoms. The number of amides is 1. The molecule has 0 fully saturated rings. The number of anilines is 1. The van der Waals surface area contributed by atoms with Crippen molar-refractivity contribution in [3.63, 3.8) is 0 Å². The highest BCUT2D eigenvalue weighted by atomic mass is 32.1. The van der Waals surface area contributed by atoms with E-state index in [-0.39, 0.29) is 5.91 Å². The molecule has 0 radical (unpaired) electrons. The van der Waals surface area contributed by atoms with Crippen LogP contribution in [0.15, 0.2) is 6.20 Å². The quantitative estimate of drug-likeness (QED) is 0.760. The van der Waals surface area contributed by atoms with Crippen molar-refractivity contribution in [1.82, 2.24) is 10.3 Å². The zero-order valence-corrected chi connectivity index (χ0v) is 8.57. The summed E-state index contributed by atoms with van der Waals surface area (Å²) in [5.74, 6) is -0.0452. The third-order valence-corrected chi connectivity index (χ3v) is 2.23. The Labute approximate surface area is 81.4 Å². The van der Waals surface area contributed by atoms with Crippen molar-refractivity contribution in [3.05, 3.63) is 11.1 Å². The van der Waals surface area contributed by atoms with Crippen LogP contribution in [0.4, 0.5) is 5.13 Å². The second-order valence-electron chi connectivity index (χ2n) is 2.60. The maximum Gasteiger partial charge on any atom is 0.240 e. The number of carbonyl (C=O) groups excluding carboxylic acids is 1. The van der Waals surface area contributed by atoms with Gasteiger partial charge in [-0.25, -0.2) is 4.98 Å². The van der Waals surface area contributed by atoms with Crippen LogP contribution in [0.2, 0.25) is 0 Å². The highest BCUT2D eigenvalue weighted by Gasteiger charge is 2.03. The lowest BCUT2D eigenvalue weighted by atomic mass is 10.5. The van der Waals surface area contributed by atoms with Crippen molar-refractivity contribution in [3.8, 4) is 0 Å². The zero-order chi connectivity index (χ0) is 9.68. The first-order chi connectivity index (χ1) is 6.22. The number of nitrogens with zero attached hydrogens (tertiary/aromatic N) is 1. The van der Waals surface area contributed by atoms with Crippen LogP contribution in [0.25, 0.3) is 0 Å². The predicted molar refractivity (Wildman–Crippen MR) is 54.0 cm³/mol. The summed E-state index contributed by atoms with van der Waals surface area (Å²) in [6.07, 6.45) is 1.74. The number of rotatable bonds is 4. The normalized spacial score (nSPS) is 10.0. The molecule has 0 atom stereocenters. The number of aryl methyl sites for hydroxylation is 1. The Morgan fingerprint density at radius 2 is 2.46 bits per heavy atom. The third-order valence-electron chi connectivity index (χ3n) is 1.40. The Balaban J connectivity index is 2.36. The van der Waals surface area contributed by atoms with Gasteiger partial charge in [-0.1, -0.05) is 6.92 Å². The zero-order valence-electron chi connectivity index (χ0n) is 7.76. The first kappa shape index (κ1) is 10.1. The minimum Gasteiger partial charge on any atom is -0.309 e. The average molecular weight is 199 g/mol. The van der Waals surface area contributed by atoms with Gasteiger partial charge in [0.15, 0.2) is 5.13 Å². The van der Waals surface area contributed by atoms with Crippen molar-refractivity contribution < 1.29 is 4.79 Å². The average Bonchev–Trinajstić information content (AvgIpc) is 2.48. The molecule has 0 aliphatic heterocycles. The molecule has 1 rings (SSSR count). The minimum atomic E-state index is -0.0452. The summed E-state index contributed by atoms with van der Waals surface area (Å²) in [7, 11) is 0. The van der Waals surface area contributed by atoms with Crippen LogP contribution in [-0.4, -0.2) is 24.0 Å². The largest absolute Gasteiger partial charge is 0.309 e. The molecule has 13 heavy (non-hydrogen) atoms. The van der Waals surface area contributed by atoms with Crippen LogP contribution >= 0.6 is 11.3 Å². The van der Waals surface area contributed by atoms with Crippen LogP contribution in [-0.2, 0) is 4.79 Å². The molecule has 0 saturated heterocycles. The summed E-state index contributed by atoms with van der Waals surface area (Å²) in [4.78, 5) is 16.3. The van der Waals surface area contributed by atoms with Crippen molar-refractivity contribution in [2.24, 2.45) is 0 Å². The van der Waals surface area contributed by atoms with E-state index in [1.165, 1.54) is 11.3 Å². The molecule has 0 aromatic carbocycles. The summed E-state index contributed by atoms with van der Waals surface area (Å²) in [5.41, 5.74) is 0. The van der Waals surface area contributed by atoms with E-state index in [0.717, 1.165) is 11.4 Å². The van der Waals surface area contributed by atoms with Gasteiger partial charge >= 0.3 is 0 Å². The smallest absolute Gasteiger partial charge is 0.240 e. The third kappa shape index (κ3) is 3.52. The lowest BCUT2D eigenvalue weighted by molar-refractivity contribution is -0.115. The van der Waals surface area contributed by atoms with Gasteiger partial charge in [0.1, 0.15) is 0 Å². The molecule has 72 valence electrons. The highest BCUT2D eigenvalue weighted by Crippen LogP contribution is 2.15. The lowest BCUT2D eigenvalue weighted by Crippen LogP contribution is -2.27. The number of carbonyl (C=O) groups is 1. The van der Waals surface area contributed by atoms with Crippen molar-refractivity contribution in [1.29, 1.82) is 0 Å². The Morgan fingerprint density at radius 3 is 3.00 bits per heavy atom. The van der Waals surface area contributed by atoms with Gasteiger partial charge in [-0.15, -0.1) is 11.3 Å². The highest BCUT2D eigenvalue weighted by molar-refractivity contribution is 7.15. The van der Waals surface area contributed by atoms with Gasteiger partial charge in [0, 0.05) is 11.1 Å². The molecular formula is C8H13N3OS. The summed E-state index contributed by atoms with van der Waals surface area (Å²) in [6.45, 7) is 5.05. The number of nitrogens with one attached hydrogen (secondary N) is 2. The standard InChI is InChI=1S/C8H13N3OS/c1-3-9-5-7(12)11-8-10-4-6(2)13-8/h4,9H,3,5H2,1-2H3,(H,10,11,12). The fraction of sp³-hybridized carbons (Fsp3) is 0.500. The number of likely N-dealkylation sites (N-methyl/N-ethyl adjacent to an activating group) is 1. The van der Waals surface area contributed by atoms with Crippen LogP contribution in [0.5, 0.6) is 0 Å². The fourth-order valence-corrected chi connectivity index (χ4v) is 1.50. The molecule has 0 aliphatic rings. The summed E-state index contributed by atoms with van der Waals surface area (Å²) >= 11 is 1.48. The van der Waals surface area contributed by atoms with E-state index in [2.05, 4.69) is 15.6 Å². The number of hydrogen-bond acceptors (Lipinski definition) is 4. The fourth-order valence-electron chi connectivity index (χ4n) is 0.815. The summed E-state index contributed by atoms with van der Waals surface area (Å²) < 4.78 is 0. The van der Waals surface area contributed by atoms with Gasteiger partial charge in [-0.05, 0) is 13.5 Å². The Morgan fingerprint density at radius 1 is 1.69 bits per heavy atom. The topological polar surface area (TPSA) is 54.0 Å². The van der Waals surface area contributed by atoms with E-state index in [9.17, 15) is 4.79 Å². The molecule has 2 N–H and O–H groups in total. The van der Waals surface area contributed by atoms with Crippen LogP contribution in [0, 0.1) is 6.92 Å². The summed E-state index contributed by atoms with van der Waals surface area (Å²) in [6, 6.07) is 0. The van der Waals surface area contributed by atoms with Gasteiger partial charge in [0.05, 0.1) is 6.54 Å². The number of thiazole rings is 1. The Hall–Kier alpha value is -0.940. The van der Waals surface area contributed by atoms with Gasteiger partial charge in [0.25, 0.3) is 0 Å². The second kappa shape index (κ2) is 4.94. The van der Waals surface area contributed by atoms with Crippen LogP contribution in [0.3, 0.4) is 0 Å². The van der Waals surface area contributed by atoms with Gasteiger partial charge in [-0.3, -0.25) is 4.79 Å². The van der Waals surface area contributed by atoms with Gasteiger partial charge in [0.2, 0.25) is 5.91 Å². The van der Waals surface area contributed by atoms with E-state index < -0.39 is 0 Å². The van der Waals surface area contributed by atoms with Gasteiger partial charge in [-0.2, -0.15) is 0 Å². The molecule has 0 unspecified atom stereocenters. The molecule has 1 aromatic rings. The molecule has 1 aromatic heterocycles. The van der Waals surface area contributed by atoms with Crippen molar-refractivity contribution in [2.45, 2.75) is 13.8 Å². The lowest BCUT2D eigenvalue weighted by Gasteiger charge is -2.00. The molecule has 0 saturated carbocycles. The van der Waals surface area contributed by atoms with E-state index in [1.54, 1.807) is 6.20 Å². The predicted octanol–water partition coefficient (Wildman–Crippen LogP) is 1.000. The molecule has 1 heterocycles. The van der Waals surface area contributed by atoms with Gasteiger partial charge < -0.3 is 10.6 Å². The summed E-state index contributed by atoms with van der Waals surface area (Å²) in [5, 5.41) is 6.31. The molecule has 0 aliphatic carbocycles. The molecule has 0 bridgehead atoms. The first-order valence-electron chi connectivity index (χ1n) is 4.15. The maximum absolute atomic E-state index is 11.2. The second-order valence-corrected chi connectivity index (χ2v) is 3.84. The Bertz CT molecular complexity index is 285.